The number of rotatable bonds is 16. The lowest BCUT2D eigenvalue weighted by Crippen LogP contribution is -2.42. The van der Waals surface area contributed by atoms with Crippen LogP contribution in [0.2, 0.25) is 0 Å². The van der Waals surface area contributed by atoms with Gasteiger partial charge in [-0.15, -0.1) is 0 Å². The molecule has 8 heteroatoms. The molecule has 0 aromatic rings. The van der Waals surface area contributed by atoms with Gasteiger partial charge in [0.15, 0.2) is 0 Å². The van der Waals surface area contributed by atoms with Gasteiger partial charge in [0.1, 0.15) is 0 Å². The number of hydrogen-bond donors (Lipinski definition) is 1. The van der Waals surface area contributed by atoms with Gasteiger partial charge in [-0.1, -0.05) is 31.8 Å². The minimum Gasteiger partial charge on any atom is -0.469 e. The zero-order valence-corrected chi connectivity index (χ0v) is 15.7. The number of ether oxygens (including phenoxy) is 3. The summed E-state index contributed by atoms with van der Waals surface area (Å²) in [5.41, 5.74) is 8.75. The molecule has 0 amide bonds. The van der Waals surface area contributed by atoms with Crippen molar-refractivity contribution in [1.29, 1.82) is 0 Å². The molecule has 0 saturated carbocycles. The summed E-state index contributed by atoms with van der Waals surface area (Å²) in [6.45, 7) is 4.87. The second-order valence-corrected chi connectivity index (χ2v) is 5.87. The lowest BCUT2D eigenvalue weighted by molar-refractivity contribution is -0.141. The molecule has 0 rings (SSSR count). The van der Waals surface area contributed by atoms with Crippen LogP contribution in [0.15, 0.2) is 5.11 Å². The van der Waals surface area contributed by atoms with Crippen molar-refractivity contribution in [2.45, 2.75) is 77.0 Å². The molecule has 3 atom stereocenters. The van der Waals surface area contributed by atoms with Gasteiger partial charge in [-0.2, -0.15) is 0 Å². The van der Waals surface area contributed by atoms with E-state index in [2.05, 4.69) is 28.6 Å². The van der Waals surface area contributed by atoms with Gasteiger partial charge in [-0.25, -0.2) is 0 Å². The molecular weight excluding hydrogens is 326 g/mol. The summed E-state index contributed by atoms with van der Waals surface area (Å²) >= 11 is 0. The highest BCUT2D eigenvalue weighted by Crippen LogP contribution is 2.19. The minimum absolute atomic E-state index is 0.274. The monoisotopic (exact) mass is 359 g/mol. The van der Waals surface area contributed by atoms with Gasteiger partial charge >= 0.3 is 5.97 Å². The van der Waals surface area contributed by atoms with Crippen molar-refractivity contribution in [2.75, 3.05) is 26.9 Å². The van der Waals surface area contributed by atoms with Crippen LogP contribution < -0.4 is 0 Å². The number of nitrogens with zero attached hydrogens (tertiary/aromatic N) is 3. The van der Waals surface area contributed by atoms with Gasteiger partial charge in [0.25, 0.3) is 0 Å². The van der Waals surface area contributed by atoms with E-state index in [1.54, 1.807) is 0 Å². The summed E-state index contributed by atoms with van der Waals surface area (Å²) in [5, 5.41) is 13.2. The fourth-order valence-electron chi connectivity index (χ4n) is 2.37. The molecule has 0 bridgehead atoms. The van der Waals surface area contributed by atoms with Crippen LogP contribution in [0.3, 0.4) is 0 Å². The van der Waals surface area contributed by atoms with Gasteiger partial charge in [0.2, 0.25) is 0 Å². The number of azide groups is 1. The summed E-state index contributed by atoms with van der Waals surface area (Å²) in [6, 6.07) is -0.716. The predicted octanol–water partition coefficient (Wildman–Crippen LogP) is 3.37. The molecule has 0 aliphatic heterocycles. The Morgan fingerprint density at radius 2 is 1.80 bits per heavy atom. The Kier molecular flexibility index (Phi) is 15.3. The first-order valence-corrected chi connectivity index (χ1v) is 9.09. The SMILES string of the molecule is CCCCO[C@@H]([C@H](CO)N=[N+]=[N-])[C@@H](CCCC(=O)OC)OCCCC. The first kappa shape index (κ1) is 23.7. The van der Waals surface area contributed by atoms with Crippen LogP contribution in [0.1, 0.15) is 58.8 Å². The molecule has 0 radical (unpaired) electrons. The average Bonchev–Trinajstić information content (AvgIpc) is 2.62. The third kappa shape index (κ3) is 11.0. The van der Waals surface area contributed by atoms with Crippen molar-refractivity contribution in [3.63, 3.8) is 0 Å². The standard InChI is InChI=1S/C17H33N3O5/c1-4-6-11-24-15(9-8-10-16(22)23-3)17(25-12-7-5-2)14(13-21)19-20-18/h14-15,17,21H,4-13H2,1-3H3/t14-,15+,17-/m0/s1. The van der Waals surface area contributed by atoms with Crippen LogP contribution in [-0.4, -0.2) is 56.3 Å². The van der Waals surface area contributed by atoms with E-state index in [1.165, 1.54) is 7.11 Å². The first-order valence-electron chi connectivity index (χ1n) is 9.09. The Balaban J connectivity index is 5.02. The van der Waals surface area contributed by atoms with Crippen LogP contribution in [-0.2, 0) is 19.0 Å². The van der Waals surface area contributed by atoms with E-state index in [0.29, 0.717) is 26.1 Å². The Hall–Kier alpha value is -1.34. The Labute approximate surface area is 150 Å². The van der Waals surface area contributed by atoms with Crippen LogP contribution in [0.5, 0.6) is 0 Å². The van der Waals surface area contributed by atoms with Crippen molar-refractivity contribution in [3.05, 3.63) is 10.4 Å². The number of hydrogen-bond acceptors (Lipinski definition) is 6. The molecule has 0 aliphatic carbocycles. The summed E-state index contributed by atoms with van der Waals surface area (Å²) in [7, 11) is 1.36. The maximum absolute atomic E-state index is 11.3. The molecule has 1 N–H and O–H groups in total. The molecule has 146 valence electrons. The number of aliphatic hydroxyl groups is 1. The second-order valence-electron chi connectivity index (χ2n) is 5.87. The maximum atomic E-state index is 11.3. The van der Waals surface area contributed by atoms with Gasteiger partial charge in [0, 0.05) is 24.5 Å². The van der Waals surface area contributed by atoms with Gasteiger partial charge in [-0.3, -0.25) is 4.79 Å². The number of methoxy groups -OCH3 is 1. The molecular formula is C17H33N3O5. The normalized spacial score (nSPS) is 14.4. The Morgan fingerprint density at radius 3 is 2.32 bits per heavy atom. The third-order valence-corrected chi connectivity index (χ3v) is 3.87. The highest BCUT2D eigenvalue weighted by Gasteiger charge is 2.30. The fourth-order valence-corrected chi connectivity index (χ4v) is 2.37. The molecule has 8 nitrogen and oxygen atoms in total. The van der Waals surface area contributed by atoms with Crippen molar-refractivity contribution in [2.24, 2.45) is 5.11 Å². The first-order chi connectivity index (χ1) is 12.1. The van der Waals surface area contributed by atoms with Crippen molar-refractivity contribution in [1.82, 2.24) is 0 Å². The van der Waals surface area contributed by atoms with Crippen molar-refractivity contribution < 1.29 is 24.1 Å². The highest BCUT2D eigenvalue weighted by molar-refractivity contribution is 5.68. The number of carbonyl (C=O) groups is 1. The lowest BCUT2D eigenvalue weighted by atomic mass is 10.0. The number of aliphatic hydroxyl groups excluding tert-OH is 1. The molecule has 0 spiro atoms. The second kappa shape index (κ2) is 16.1. The molecule has 0 saturated heterocycles. The van der Waals surface area contributed by atoms with Crippen molar-refractivity contribution in [3.8, 4) is 0 Å². The van der Waals surface area contributed by atoms with Crippen molar-refractivity contribution >= 4 is 5.97 Å². The Bertz CT molecular complexity index is 388. The smallest absolute Gasteiger partial charge is 0.305 e. The third-order valence-electron chi connectivity index (χ3n) is 3.87. The summed E-state index contributed by atoms with van der Waals surface area (Å²) < 4.78 is 16.5. The van der Waals surface area contributed by atoms with E-state index in [-0.39, 0.29) is 25.1 Å². The van der Waals surface area contributed by atoms with Gasteiger partial charge < -0.3 is 19.3 Å². The van der Waals surface area contributed by atoms with Gasteiger partial charge in [0.05, 0.1) is 32.0 Å². The summed E-state index contributed by atoms with van der Waals surface area (Å²) in [4.78, 5) is 14.1. The summed E-state index contributed by atoms with van der Waals surface area (Å²) in [6.07, 6.45) is 4.28. The minimum atomic E-state index is -0.716. The summed E-state index contributed by atoms with van der Waals surface area (Å²) in [5.74, 6) is -0.274. The van der Waals surface area contributed by atoms with E-state index in [9.17, 15) is 9.90 Å². The molecule has 25 heavy (non-hydrogen) atoms. The number of esters is 1. The zero-order chi connectivity index (χ0) is 18.9. The average molecular weight is 359 g/mol. The van der Waals surface area contributed by atoms with Crippen LogP contribution >= 0.6 is 0 Å². The lowest BCUT2D eigenvalue weighted by Gasteiger charge is -2.31. The highest BCUT2D eigenvalue weighted by atomic mass is 16.5. The van der Waals surface area contributed by atoms with E-state index in [0.717, 1.165) is 25.7 Å². The van der Waals surface area contributed by atoms with Crippen LogP contribution in [0.4, 0.5) is 0 Å². The predicted molar refractivity (Wildman–Crippen MR) is 95.2 cm³/mol. The van der Waals surface area contributed by atoms with E-state index in [4.69, 9.17) is 15.0 Å². The van der Waals surface area contributed by atoms with Gasteiger partial charge in [-0.05, 0) is 31.2 Å². The zero-order valence-electron chi connectivity index (χ0n) is 15.7. The Morgan fingerprint density at radius 1 is 1.16 bits per heavy atom. The van der Waals surface area contributed by atoms with E-state index < -0.39 is 12.1 Å². The molecule has 0 heterocycles. The number of unbranched alkanes of at least 4 members (excludes halogenated alkanes) is 2. The molecule has 0 aliphatic rings. The topological polar surface area (TPSA) is 114 Å². The molecule has 0 aromatic carbocycles. The molecule has 0 unspecified atom stereocenters. The van der Waals surface area contributed by atoms with E-state index >= 15 is 0 Å². The quantitative estimate of drug-likeness (QED) is 0.149. The molecule has 0 aromatic heterocycles. The largest absolute Gasteiger partial charge is 0.469 e. The van der Waals surface area contributed by atoms with E-state index in [1.807, 2.05) is 0 Å². The maximum Gasteiger partial charge on any atom is 0.305 e. The fraction of sp³-hybridized carbons (Fsp3) is 0.941. The van der Waals surface area contributed by atoms with Crippen LogP contribution in [0.25, 0.3) is 10.4 Å². The molecule has 0 fully saturated rings. The number of carbonyl (C=O) groups excluding carboxylic acids is 1. The van der Waals surface area contributed by atoms with Crippen LogP contribution in [0, 0.1) is 0 Å².